The van der Waals surface area contributed by atoms with Gasteiger partial charge in [-0.1, -0.05) is 48.9 Å². The van der Waals surface area contributed by atoms with Crippen molar-refractivity contribution in [3.63, 3.8) is 0 Å². The predicted molar refractivity (Wildman–Crippen MR) is 105 cm³/mol. The van der Waals surface area contributed by atoms with Gasteiger partial charge in [0, 0.05) is 19.6 Å². The van der Waals surface area contributed by atoms with Crippen molar-refractivity contribution in [3.8, 4) is 5.75 Å². The van der Waals surface area contributed by atoms with Crippen molar-refractivity contribution < 1.29 is 9.53 Å². The average molecular weight is 352 g/mol. The van der Waals surface area contributed by atoms with Gasteiger partial charge in [0.2, 0.25) is 0 Å². The molecule has 0 aromatic heterocycles. The van der Waals surface area contributed by atoms with Crippen molar-refractivity contribution in [2.24, 2.45) is 0 Å². The summed E-state index contributed by atoms with van der Waals surface area (Å²) in [5.74, 6) is 0.705. The van der Waals surface area contributed by atoms with Gasteiger partial charge in [0.15, 0.2) is 0 Å². The van der Waals surface area contributed by atoms with Crippen LogP contribution in [0.3, 0.4) is 0 Å². The number of ether oxygens (including phenoxy) is 1. The lowest BCUT2D eigenvalue weighted by Crippen LogP contribution is -2.37. The highest BCUT2D eigenvalue weighted by atomic mass is 16.5. The second kappa shape index (κ2) is 9.39. The summed E-state index contributed by atoms with van der Waals surface area (Å²) in [6.45, 7) is 2.30. The van der Waals surface area contributed by atoms with Crippen LogP contribution < -0.4 is 10.1 Å². The van der Waals surface area contributed by atoms with Crippen molar-refractivity contribution in [1.82, 2.24) is 10.2 Å². The molecule has 0 saturated heterocycles. The molecule has 26 heavy (non-hydrogen) atoms. The van der Waals surface area contributed by atoms with Crippen LogP contribution in [0.25, 0.3) is 0 Å². The molecule has 1 N–H and O–H groups in total. The molecule has 1 aliphatic rings. The minimum absolute atomic E-state index is 0.0346. The lowest BCUT2D eigenvalue weighted by Gasteiger charge is -2.21. The number of nitrogens with zero attached hydrogens (tertiary/aromatic N) is 1. The summed E-state index contributed by atoms with van der Waals surface area (Å²) in [5, 5.41) is 3.64. The van der Waals surface area contributed by atoms with Gasteiger partial charge in [0.1, 0.15) is 12.4 Å². The number of para-hydroxylation sites is 1. The predicted octanol–water partition coefficient (Wildman–Crippen LogP) is 3.52. The van der Waals surface area contributed by atoms with E-state index in [0.29, 0.717) is 17.9 Å². The first kappa shape index (κ1) is 18.5. The lowest BCUT2D eigenvalue weighted by atomic mass is 10.1. The topological polar surface area (TPSA) is 41.6 Å². The fourth-order valence-electron chi connectivity index (χ4n) is 3.31. The maximum absolute atomic E-state index is 12.7. The minimum Gasteiger partial charge on any atom is -0.491 e. The number of carbonyl (C=O) groups excluding carboxylic acids is 1. The van der Waals surface area contributed by atoms with Crippen molar-refractivity contribution in [2.45, 2.75) is 31.7 Å². The van der Waals surface area contributed by atoms with E-state index in [-0.39, 0.29) is 11.9 Å². The highest BCUT2D eigenvalue weighted by Crippen LogP contribution is 2.20. The first-order chi connectivity index (χ1) is 12.7. The van der Waals surface area contributed by atoms with Gasteiger partial charge in [-0.2, -0.15) is 0 Å². The largest absolute Gasteiger partial charge is 0.491 e. The van der Waals surface area contributed by atoms with Crippen molar-refractivity contribution in [2.75, 3.05) is 26.7 Å². The zero-order chi connectivity index (χ0) is 18.2. The Hall–Kier alpha value is -2.33. The number of nitrogens with one attached hydrogen (secondary N) is 1. The summed E-state index contributed by atoms with van der Waals surface area (Å²) in [6, 6.07) is 18.3. The summed E-state index contributed by atoms with van der Waals surface area (Å²) in [5.41, 5.74) is 1.94. The van der Waals surface area contributed by atoms with Gasteiger partial charge in [0.25, 0.3) is 5.91 Å². The molecule has 0 aliphatic carbocycles. The zero-order valence-electron chi connectivity index (χ0n) is 15.5. The third-order valence-corrected chi connectivity index (χ3v) is 4.83. The minimum atomic E-state index is 0.0346. The third-order valence-electron chi connectivity index (χ3n) is 4.83. The number of hydrogen-bond donors (Lipinski definition) is 1. The maximum atomic E-state index is 12.7. The Balaban J connectivity index is 1.77. The van der Waals surface area contributed by atoms with Gasteiger partial charge >= 0.3 is 0 Å². The van der Waals surface area contributed by atoms with E-state index in [1.54, 1.807) is 4.90 Å². The number of hydrogen-bond acceptors (Lipinski definition) is 3. The van der Waals surface area contributed by atoms with Crippen LogP contribution in [0.4, 0.5) is 0 Å². The average Bonchev–Trinajstić information content (AvgIpc) is 2.69. The highest BCUT2D eigenvalue weighted by molar-refractivity contribution is 5.96. The molecule has 0 saturated carbocycles. The third kappa shape index (κ3) is 5.09. The normalized spacial score (nSPS) is 19.5. The SMILES string of the molecule is CN1CCCCCN[C@@H](Cc2ccccc2)COc2ccccc2C1=O. The maximum Gasteiger partial charge on any atom is 0.257 e. The second-order valence-electron chi connectivity index (χ2n) is 6.94. The van der Waals surface area contributed by atoms with Gasteiger partial charge in [-0.05, 0) is 43.5 Å². The van der Waals surface area contributed by atoms with Crippen LogP contribution >= 0.6 is 0 Å². The summed E-state index contributed by atoms with van der Waals surface area (Å²) < 4.78 is 6.09. The molecular weight excluding hydrogens is 324 g/mol. The first-order valence-corrected chi connectivity index (χ1v) is 9.48. The lowest BCUT2D eigenvalue weighted by molar-refractivity contribution is 0.0788. The van der Waals surface area contributed by atoms with Gasteiger partial charge in [-0.3, -0.25) is 4.79 Å². The van der Waals surface area contributed by atoms with Crippen LogP contribution in [0.15, 0.2) is 54.6 Å². The van der Waals surface area contributed by atoms with E-state index in [1.165, 1.54) is 5.56 Å². The highest BCUT2D eigenvalue weighted by Gasteiger charge is 2.18. The number of benzene rings is 2. The van der Waals surface area contributed by atoms with Gasteiger partial charge < -0.3 is 15.0 Å². The summed E-state index contributed by atoms with van der Waals surface area (Å²) in [7, 11) is 1.87. The smallest absolute Gasteiger partial charge is 0.257 e. The van der Waals surface area contributed by atoms with Crippen LogP contribution in [-0.4, -0.2) is 43.6 Å². The fraction of sp³-hybridized carbons (Fsp3) is 0.409. The summed E-state index contributed by atoms with van der Waals surface area (Å²) in [6.07, 6.45) is 4.17. The molecule has 1 heterocycles. The van der Waals surface area contributed by atoms with E-state index in [1.807, 2.05) is 37.4 Å². The molecule has 1 aliphatic heterocycles. The standard InChI is InChI=1S/C22H28N2O2/c1-24-15-9-3-8-14-23-19(16-18-10-4-2-5-11-18)17-26-21-13-7-6-12-20(21)22(24)25/h2,4-7,10-13,19,23H,3,8-9,14-17H2,1H3/t19-/m0/s1. The molecule has 4 heteroatoms. The van der Waals surface area contributed by atoms with E-state index in [2.05, 4.69) is 29.6 Å². The number of carbonyl (C=O) groups is 1. The number of rotatable bonds is 2. The zero-order valence-corrected chi connectivity index (χ0v) is 15.5. The van der Waals surface area contributed by atoms with Crippen molar-refractivity contribution >= 4 is 5.91 Å². The molecule has 1 amide bonds. The molecule has 3 rings (SSSR count). The quantitative estimate of drug-likeness (QED) is 0.899. The molecule has 0 unspecified atom stereocenters. The Morgan fingerprint density at radius 3 is 2.65 bits per heavy atom. The molecule has 0 fully saturated rings. The Morgan fingerprint density at radius 1 is 1.04 bits per heavy atom. The molecule has 0 bridgehead atoms. The molecule has 138 valence electrons. The van der Waals surface area contributed by atoms with Gasteiger partial charge in [-0.15, -0.1) is 0 Å². The van der Waals surface area contributed by atoms with Crippen LogP contribution in [-0.2, 0) is 6.42 Å². The molecule has 0 spiro atoms. The van der Waals surface area contributed by atoms with Crippen molar-refractivity contribution in [1.29, 1.82) is 0 Å². The molecule has 2 aromatic rings. The van der Waals surface area contributed by atoms with Crippen LogP contribution in [0.1, 0.15) is 35.2 Å². The number of fused-ring (bicyclic) bond motifs is 1. The van der Waals surface area contributed by atoms with Crippen LogP contribution in [0.5, 0.6) is 5.75 Å². The van der Waals surface area contributed by atoms with E-state index in [0.717, 1.165) is 38.8 Å². The summed E-state index contributed by atoms with van der Waals surface area (Å²) >= 11 is 0. The molecule has 0 radical (unpaired) electrons. The fourth-order valence-corrected chi connectivity index (χ4v) is 3.31. The van der Waals surface area contributed by atoms with Gasteiger partial charge in [-0.25, -0.2) is 0 Å². The molecule has 4 nitrogen and oxygen atoms in total. The van der Waals surface area contributed by atoms with Crippen molar-refractivity contribution in [3.05, 3.63) is 65.7 Å². The summed E-state index contributed by atoms with van der Waals surface area (Å²) in [4.78, 5) is 14.5. The molecule has 1 atom stereocenters. The van der Waals surface area contributed by atoms with E-state index < -0.39 is 0 Å². The second-order valence-corrected chi connectivity index (χ2v) is 6.94. The van der Waals surface area contributed by atoms with Gasteiger partial charge in [0.05, 0.1) is 5.56 Å². The molecular formula is C22H28N2O2. The van der Waals surface area contributed by atoms with Crippen LogP contribution in [0, 0.1) is 0 Å². The van der Waals surface area contributed by atoms with E-state index in [9.17, 15) is 4.79 Å². The molecule has 2 aromatic carbocycles. The van der Waals surface area contributed by atoms with E-state index >= 15 is 0 Å². The van der Waals surface area contributed by atoms with Crippen LogP contribution in [0.2, 0.25) is 0 Å². The van der Waals surface area contributed by atoms with E-state index in [4.69, 9.17) is 4.74 Å². The Kier molecular flexibility index (Phi) is 6.67. The Morgan fingerprint density at radius 2 is 1.81 bits per heavy atom. The Labute approximate surface area is 156 Å². The first-order valence-electron chi connectivity index (χ1n) is 9.48. The number of amides is 1. The monoisotopic (exact) mass is 352 g/mol. The Bertz CT molecular complexity index is 702.